The zero-order chi connectivity index (χ0) is 19.8. The Morgan fingerprint density at radius 3 is 2.86 bits per heavy atom. The Morgan fingerprint density at radius 1 is 1.29 bits per heavy atom. The molecule has 9 heteroatoms. The summed E-state index contributed by atoms with van der Waals surface area (Å²) in [4.78, 5) is 40.0. The lowest BCUT2D eigenvalue weighted by Crippen LogP contribution is -2.56. The molecule has 0 bridgehead atoms. The van der Waals surface area contributed by atoms with Crippen molar-refractivity contribution in [1.29, 1.82) is 0 Å². The van der Waals surface area contributed by atoms with Gasteiger partial charge in [-0.15, -0.1) is 0 Å². The number of hydrogen-bond acceptors (Lipinski definition) is 5. The molecule has 0 unspecified atom stereocenters. The standard InChI is InChI=1S/C19H24N6O3/c26-17(20-9-8-16-22-19(28)24-23-16)13-15-18(27)21-10-12-25(15)11-4-7-14-5-2-1-3-6-14/h1-7,15H,8-13H2,(H,20,26)(H,21,27)(H2,22,23,24,28)/b7-4+/t15-/m1/s1. The summed E-state index contributed by atoms with van der Waals surface area (Å²) in [5, 5.41) is 11.7. The second-order valence-corrected chi connectivity index (χ2v) is 6.54. The molecule has 0 radical (unpaired) electrons. The van der Waals surface area contributed by atoms with Crippen LogP contribution in [0.4, 0.5) is 0 Å². The van der Waals surface area contributed by atoms with Crippen LogP contribution in [0.5, 0.6) is 0 Å². The van der Waals surface area contributed by atoms with Gasteiger partial charge in [-0.2, -0.15) is 5.10 Å². The molecular weight excluding hydrogens is 360 g/mol. The van der Waals surface area contributed by atoms with Gasteiger partial charge in [-0.25, -0.2) is 9.89 Å². The molecule has 4 N–H and O–H groups in total. The lowest BCUT2D eigenvalue weighted by molar-refractivity contribution is -0.133. The topological polar surface area (TPSA) is 123 Å². The summed E-state index contributed by atoms with van der Waals surface area (Å²) in [6, 6.07) is 9.43. The van der Waals surface area contributed by atoms with Crippen molar-refractivity contribution in [2.75, 3.05) is 26.2 Å². The largest absolute Gasteiger partial charge is 0.356 e. The fraction of sp³-hybridized carbons (Fsp3) is 0.368. The van der Waals surface area contributed by atoms with Crippen LogP contribution in [-0.2, 0) is 16.0 Å². The first-order valence-corrected chi connectivity index (χ1v) is 9.25. The van der Waals surface area contributed by atoms with Gasteiger partial charge >= 0.3 is 5.69 Å². The number of rotatable bonds is 8. The molecule has 9 nitrogen and oxygen atoms in total. The maximum Gasteiger partial charge on any atom is 0.340 e. The fourth-order valence-electron chi connectivity index (χ4n) is 3.08. The Morgan fingerprint density at radius 2 is 2.11 bits per heavy atom. The number of nitrogens with one attached hydrogen (secondary N) is 4. The predicted octanol–water partition coefficient (Wildman–Crippen LogP) is -0.339. The van der Waals surface area contributed by atoms with Crippen LogP contribution in [-0.4, -0.2) is 64.1 Å². The van der Waals surface area contributed by atoms with Crippen LogP contribution in [0.1, 0.15) is 17.8 Å². The molecule has 0 spiro atoms. The maximum absolute atomic E-state index is 12.3. The molecule has 1 fully saturated rings. The van der Waals surface area contributed by atoms with Crippen molar-refractivity contribution in [3.05, 3.63) is 58.3 Å². The highest BCUT2D eigenvalue weighted by molar-refractivity contribution is 5.88. The zero-order valence-corrected chi connectivity index (χ0v) is 15.5. The van der Waals surface area contributed by atoms with Gasteiger partial charge in [-0.05, 0) is 5.56 Å². The van der Waals surface area contributed by atoms with Gasteiger partial charge in [0, 0.05) is 32.6 Å². The number of carbonyl (C=O) groups is 2. The highest BCUT2D eigenvalue weighted by atomic mass is 16.2. The lowest BCUT2D eigenvalue weighted by atomic mass is 10.1. The monoisotopic (exact) mass is 384 g/mol. The SMILES string of the molecule is O=C(C[C@@H]1C(=O)NCCN1C/C=C/c1ccccc1)NCCc1n[nH]c(=O)[nH]1. The Kier molecular flexibility index (Phi) is 6.74. The fourth-order valence-corrected chi connectivity index (χ4v) is 3.08. The van der Waals surface area contributed by atoms with E-state index in [1.165, 1.54) is 0 Å². The average molecular weight is 384 g/mol. The minimum Gasteiger partial charge on any atom is -0.356 e. The zero-order valence-electron chi connectivity index (χ0n) is 15.5. The van der Waals surface area contributed by atoms with Crippen molar-refractivity contribution in [1.82, 2.24) is 30.7 Å². The van der Waals surface area contributed by atoms with Gasteiger partial charge in [0.15, 0.2) is 0 Å². The number of H-pyrrole nitrogens is 2. The molecule has 148 valence electrons. The van der Waals surface area contributed by atoms with Gasteiger partial charge in [-0.3, -0.25) is 19.5 Å². The molecule has 1 aliphatic rings. The first kappa shape index (κ1) is 19.6. The van der Waals surface area contributed by atoms with E-state index in [1.54, 1.807) is 0 Å². The molecule has 28 heavy (non-hydrogen) atoms. The van der Waals surface area contributed by atoms with Gasteiger partial charge in [0.1, 0.15) is 5.82 Å². The van der Waals surface area contributed by atoms with Crippen molar-refractivity contribution in [3.8, 4) is 0 Å². The summed E-state index contributed by atoms with van der Waals surface area (Å²) in [5.74, 6) is 0.136. The van der Waals surface area contributed by atoms with Gasteiger partial charge in [0.05, 0.1) is 12.5 Å². The minimum atomic E-state index is -0.501. The summed E-state index contributed by atoms with van der Waals surface area (Å²) < 4.78 is 0. The Labute approximate surface area is 162 Å². The lowest BCUT2D eigenvalue weighted by Gasteiger charge is -2.33. The number of aromatic nitrogens is 3. The van der Waals surface area contributed by atoms with E-state index < -0.39 is 6.04 Å². The van der Waals surface area contributed by atoms with Gasteiger partial charge in [0.2, 0.25) is 11.8 Å². The van der Waals surface area contributed by atoms with E-state index in [0.29, 0.717) is 38.4 Å². The summed E-state index contributed by atoms with van der Waals surface area (Å²) in [6.45, 7) is 2.19. The number of aromatic amines is 2. The van der Waals surface area contributed by atoms with E-state index in [0.717, 1.165) is 5.56 Å². The van der Waals surface area contributed by atoms with E-state index in [1.807, 2.05) is 47.4 Å². The second kappa shape index (κ2) is 9.65. The third-order valence-electron chi connectivity index (χ3n) is 4.50. The molecule has 1 aromatic carbocycles. The van der Waals surface area contributed by atoms with E-state index in [4.69, 9.17) is 0 Å². The summed E-state index contributed by atoms with van der Waals surface area (Å²) in [7, 11) is 0. The van der Waals surface area contributed by atoms with Crippen LogP contribution >= 0.6 is 0 Å². The number of nitrogens with zero attached hydrogens (tertiary/aromatic N) is 2. The predicted molar refractivity (Wildman–Crippen MR) is 104 cm³/mol. The highest BCUT2D eigenvalue weighted by Gasteiger charge is 2.30. The average Bonchev–Trinajstić information content (AvgIpc) is 3.10. The van der Waals surface area contributed by atoms with Gasteiger partial charge in [0.25, 0.3) is 0 Å². The van der Waals surface area contributed by atoms with Crippen molar-refractivity contribution in [3.63, 3.8) is 0 Å². The summed E-state index contributed by atoms with van der Waals surface area (Å²) in [6.07, 6.45) is 4.51. The Balaban J connectivity index is 1.50. The molecule has 3 rings (SSSR count). The number of carbonyl (C=O) groups excluding carboxylic acids is 2. The molecule has 1 aromatic heterocycles. The third kappa shape index (κ3) is 5.65. The first-order chi connectivity index (χ1) is 13.6. The van der Waals surface area contributed by atoms with Gasteiger partial charge < -0.3 is 10.6 Å². The van der Waals surface area contributed by atoms with E-state index in [2.05, 4.69) is 25.8 Å². The maximum atomic E-state index is 12.3. The molecule has 1 aliphatic heterocycles. The molecule has 0 saturated carbocycles. The van der Waals surface area contributed by atoms with Crippen LogP contribution in [0.25, 0.3) is 6.08 Å². The molecule has 2 heterocycles. The first-order valence-electron chi connectivity index (χ1n) is 9.25. The number of amides is 2. The van der Waals surface area contributed by atoms with E-state index in [-0.39, 0.29) is 23.9 Å². The molecule has 1 atom stereocenters. The van der Waals surface area contributed by atoms with Crippen LogP contribution in [0.3, 0.4) is 0 Å². The van der Waals surface area contributed by atoms with Crippen molar-refractivity contribution >= 4 is 17.9 Å². The van der Waals surface area contributed by atoms with Crippen LogP contribution in [0, 0.1) is 0 Å². The van der Waals surface area contributed by atoms with Crippen molar-refractivity contribution in [2.24, 2.45) is 0 Å². The normalized spacial score (nSPS) is 17.6. The van der Waals surface area contributed by atoms with E-state index >= 15 is 0 Å². The van der Waals surface area contributed by atoms with Gasteiger partial charge in [-0.1, -0.05) is 42.5 Å². The van der Waals surface area contributed by atoms with Crippen LogP contribution in [0.2, 0.25) is 0 Å². The van der Waals surface area contributed by atoms with Crippen molar-refractivity contribution < 1.29 is 9.59 Å². The van der Waals surface area contributed by atoms with Crippen LogP contribution < -0.4 is 16.3 Å². The Bertz CT molecular complexity index is 873. The molecule has 1 saturated heterocycles. The Hall–Kier alpha value is -3.20. The highest BCUT2D eigenvalue weighted by Crippen LogP contribution is 2.10. The number of benzene rings is 1. The number of hydrogen-bond donors (Lipinski definition) is 4. The number of piperazine rings is 1. The summed E-state index contributed by atoms with van der Waals surface area (Å²) >= 11 is 0. The molecule has 2 aromatic rings. The quantitative estimate of drug-likeness (QED) is 0.496. The molecule has 2 amide bonds. The minimum absolute atomic E-state index is 0.0854. The van der Waals surface area contributed by atoms with Crippen molar-refractivity contribution in [2.45, 2.75) is 18.9 Å². The second-order valence-electron chi connectivity index (χ2n) is 6.54. The van der Waals surface area contributed by atoms with E-state index in [9.17, 15) is 14.4 Å². The van der Waals surface area contributed by atoms with Crippen LogP contribution in [0.15, 0.2) is 41.2 Å². The smallest absolute Gasteiger partial charge is 0.340 e. The third-order valence-corrected chi connectivity index (χ3v) is 4.50. The molecular formula is C19H24N6O3. The molecule has 0 aliphatic carbocycles. The summed E-state index contributed by atoms with van der Waals surface area (Å²) in [5.41, 5.74) is 0.717.